The van der Waals surface area contributed by atoms with E-state index in [1.54, 1.807) is 6.07 Å². The molecule has 0 heterocycles. The van der Waals surface area contributed by atoms with E-state index in [1.807, 2.05) is 12.1 Å². The second-order valence-corrected chi connectivity index (χ2v) is 5.60. The molecule has 0 unspecified atom stereocenters. The van der Waals surface area contributed by atoms with Crippen LogP contribution in [0.3, 0.4) is 0 Å². The fourth-order valence-electron chi connectivity index (χ4n) is 2.99. The highest BCUT2D eigenvalue weighted by Crippen LogP contribution is 2.25. The Labute approximate surface area is 115 Å². The molecule has 0 atom stereocenters. The molecule has 0 amide bonds. The van der Waals surface area contributed by atoms with Crippen molar-refractivity contribution < 1.29 is 10.2 Å². The molecule has 0 aromatic heterocycles. The van der Waals surface area contributed by atoms with Crippen LogP contribution in [0.2, 0.25) is 0 Å². The van der Waals surface area contributed by atoms with Gasteiger partial charge in [-0.05, 0) is 56.3 Å². The van der Waals surface area contributed by atoms with Crippen molar-refractivity contribution in [3.05, 3.63) is 29.8 Å². The molecule has 1 aromatic rings. The van der Waals surface area contributed by atoms with Crippen molar-refractivity contribution in [2.45, 2.75) is 57.7 Å². The Morgan fingerprint density at radius 1 is 1.21 bits per heavy atom. The van der Waals surface area contributed by atoms with Crippen LogP contribution in [0.4, 0.5) is 0 Å². The maximum absolute atomic E-state index is 9.61. The molecule has 0 spiro atoms. The van der Waals surface area contributed by atoms with Gasteiger partial charge >= 0.3 is 0 Å². The summed E-state index contributed by atoms with van der Waals surface area (Å²) in [7, 11) is 0. The molecule has 1 fully saturated rings. The van der Waals surface area contributed by atoms with Gasteiger partial charge in [-0.2, -0.15) is 0 Å². The van der Waals surface area contributed by atoms with E-state index in [1.165, 1.54) is 5.56 Å². The molecule has 1 aliphatic carbocycles. The summed E-state index contributed by atoms with van der Waals surface area (Å²) in [6.07, 6.45) is 5.05. The number of aromatic hydroxyl groups is 1. The van der Waals surface area contributed by atoms with Gasteiger partial charge in [0.25, 0.3) is 0 Å². The Morgan fingerprint density at radius 2 is 1.95 bits per heavy atom. The maximum atomic E-state index is 9.61. The third-order valence-electron chi connectivity index (χ3n) is 3.99. The predicted octanol–water partition coefficient (Wildman–Crippen LogP) is 2.91. The number of hydrogen-bond acceptors (Lipinski definition) is 3. The van der Waals surface area contributed by atoms with Gasteiger partial charge in [0.15, 0.2) is 0 Å². The maximum Gasteiger partial charge on any atom is 0.115 e. The zero-order chi connectivity index (χ0) is 13.7. The van der Waals surface area contributed by atoms with Gasteiger partial charge in [-0.15, -0.1) is 0 Å². The average molecular weight is 263 g/mol. The Morgan fingerprint density at radius 3 is 2.58 bits per heavy atom. The van der Waals surface area contributed by atoms with Crippen molar-refractivity contribution in [1.82, 2.24) is 4.90 Å². The molecular formula is C16H25NO2. The summed E-state index contributed by atoms with van der Waals surface area (Å²) in [5.74, 6) is 0.341. The van der Waals surface area contributed by atoms with E-state index in [0.29, 0.717) is 11.8 Å². The summed E-state index contributed by atoms with van der Waals surface area (Å²) in [6.45, 7) is 4.17. The second-order valence-electron chi connectivity index (χ2n) is 5.60. The Kier molecular flexibility index (Phi) is 5.23. The molecule has 3 heteroatoms. The molecule has 0 bridgehead atoms. The number of hydrogen-bond donors (Lipinski definition) is 2. The first kappa shape index (κ1) is 14.4. The molecule has 0 radical (unpaired) electrons. The molecule has 1 aromatic carbocycles. The van der Waals surface area contributed by atoms with Gasteiger partial charge in [-0.3, -0.25) is 4.90 Å². The quantitative estimate of drug-likeness (QED) is 0.858. The van der Waals surface area contributed by atoms with E-state index in [-0.39, 0.29) is 6.10 Å². The Bertz CT molecular complexity index is 386. The normalized spacial score (nSPS) is 23.7. The Balaban J connectivity index is 1.99. The summed E-state index contributed by atoms with van der Waals surface area (Å²) in [5.41, 5.74) is 1.17. The van der Waals surface area contributed by atoms with Gasteiger partial charge in [0.05, 0.1) is 6.10 Å². The number of phenolic OH excluding ortho intramolecular Hbond substituents is 1. The minimum absolute atomic E-state index is 0.0968. The van der Waals surface area contributed by atoms with Crippen LogP contribution in [0, 0.1) is 0 Å². The summed E-state index contributed by atoms with van der Waals surface area (Å²) in [5, 5.41) is 19.2. The van der Waals surface area contributed by atoms with E-state index in [9.17, 15) is 10.2 Å². The van der Waals surface area contributed by atoms with Crippen LogP contribution < -0.4 is 0 Å². The lowest BCUT2D eigenvalue weighted by atomic mass is 9.91. The minimum atomic E-state index is -0.0968. The standard InChI is InChI=1S/C16H25NO2/c1-2-10-17(14-6-8-15(18)9-7-14)12-13-4-3-5-16(19)11-13/h3-5,11,14-15,18-19H,2,6-10,12H2,1H3. The van der Waals surface area contributed by atoms with Crippen molar-refractivity contribution in [2.75, 3.05) is 6.54 Å². The van der Waals surface area contributed by atoms with Gasteiger partial charge in [0.2, 0.25) is 0 Å². The number of benzene rings is 1. The average Bonchev–Trinajstić information content (AvgIpc) is 2.39. The highest BCUT2D eigenvalue weighted by Gasteiger charge is 2.24. The fourth-order valence-corrected chi connectivity index (χ4v) is 2.99. The number of aliphatic hydroxyl groups is 1. The lowest BCUT2D eigenvalue weighted by Gasteiger charge is -2.35. The van der Waals surface area contributed by atoms with Crippen LogP contribution in [0.5, 0.6) is 5.75 Å². The van der Waals surface area contributed by atoms with Crippen LogP contribution in [-0.2, 0) is 6.54 Å². The first-order valence-electron chi connectivity index (χ1n) is 7.39. The fraction of sp³-hybridized carbons (Fsp3) is 0.625. The molecule has 1 saturated carbocycles. The molecular weight excluding hydrogens is 238 g/mol. The monoisotopic (exact) mass is 263 g/mol. The summed E-state index contributed by atoms with van der Waals surface area (Å²) in [4.78, 5) is 2.50. The molecule has 19 heavy (non-hydrogen) atoms. The lowest BCUT2D eigenvalue weighted by molar-refractivity contribution is 0.0702. The molecule has 106 valence electrons. The number of rotatable bonds is 5. The number of nitrogens with zero attached hydrogens (tertiary/aromatic N) is 1. The lowest BCUT2D eigenvalue weighted by Crippen LogP contribution is -2.39. The minimum Gasteiger partial charge on any atom is -0.508 e. The van der Waals surface area contributed by atoms with Crippen molar-refractivity contribution >= 4 is 0 Å². The summed E-state index contributed by atoms with van der Waals surface area (Å²) in [6, 6.07) is 8.11. The highest BCUT2D eigenvalue weighted by molar-refractivity contribution is 5.27. The van der Waals surface area contributed by atoms with Gasteiger partial charge in [-0.25, -0.2) is 0 Å². The smallest absolute Gasteiger partial charge is 0.115 e. The second kappa shape index (κ2) is 6.92. The van der Waals surface area contributed by atoms with Gasteiger partial charge in [-0.1, -0.05) is 19.1 Å². The van der Waals surface area contributed by atoms with Crippen LogP contribution in [-0.4, -0.2) is 33.8 Å². The molecule has 0 aliphatic heterocycles. The topological polar surface area (TPSA) is 43.7 Å². The first-order valence-corrected chi connectivity index (χ1v) is 7.39. The summed E-state index contributed by atoms with van der Waals surface area (Å²) < 4.78 is 0. The largest absolute Gasteiger partial charge is 0.508 e. The molecule has 2 N–H and O–H groups in total. The molecule has 3 nitrogen and oxygen atoms in total. The Hall–Kier alpha value is -1.06. The van der Waals surface area contributed by atoms with Crippen LogP contribution in [0.25, 0.3) is 0 Å². The van der Waals surface area contributed by atoms with Crippen molar-refractivity contribution in [3.8, 4) is 5.75 Å². The van der Waals surface area contributed by atoms with Crippen LogP contribution in [0.1, 0.15) is 44.6 Å². The van der Waals surface area contributed by atoms with E-state index in [2.05, 4.69) is 17.9 Å². The van der Waals surface area contributed by atoms with Crippen LogP contribution in [0.15, 0.2) is 24.3 Å². The third-order valence-corrected chi connectivity index (χ3v) is 3.99. The molecule has 0 saturated heterocycles. The van der Waals surface area contributed by atoms with E-state index in [4.69, 9.17) is 0 Å². The number of phenols is 1. The molecule has 1 aliphatic rings. The summed E-state index contributed by atoms with van der Waals surface area (Å²) >= 11 is 0. The van der Waals surface area contributed by atoms with Crippen molar-refractivity contribution in [2.24, 2.45) is 0 Å². The van der Waals surface area contributed by atoms with E-state index in [0.717, 1.165) is 45.2 Å². The van der Waals surface area contributed by atoms with Gasteiger partial charge in [0.1, 0.15) is 5.75 Å². The van der Waals surface area contributed by atoms with E-state index < -0.39 is 0 Å². The van der Waals surface area contributed by atoms with Crippen molar-refractivity contribution in [1.29, 1.82) is 0 Å². The number of aliphatic hydroxyl groups excluding tert-OH is 1. The van der Waals surface area contributed by atoms with Gasteiger partial charge in [0, 0.05) is 12.6 Å². The third kappa shape index (κ3) is 4.22. The van der Waals surface area contributed by atoms with Gasteiger partial charge < -0.3 is 10.2 Å². The zero-order valence-electron chi connectivity index (χ0n) is 11.8. The predicted molar refractivity (Wildman–Crippen MR) is 77.1 cm³/mol. The van der Waals surface area contributed by atoms with Crippen LogP contribution >= 0.6 is 0 Å². The molecule has 2 rings (SSSR count). The SMILES string of the molecule is CCCN(Cc1cccc(O)c1)C1CCC(O)CC1. The first-order chi connectivity index (χ1) is 9.19. The zero-order valence-corrected chi connectivity index (χ0v) is 11.8. The van der Waals surface area contributed by atoms with Crippen molar-refractivity contribution in [3.63, 3.8) is 0 Å². The van der Waals surface area contributed by atoms with E-state index >= 15 is 0 Å². The highest BCUT2D eigenvalue weighted by atomic mass is 16.3.